The number of anilines is 1. The predicted molar refractivity (Wildman–Crippen MR) is 109 cm³/mol. The van der Waals surface area contributed by atoms with E-state index in [1.165, 1.54) is 25.6 Å². The minimum absolute atomic E-state index is 0.0797. The van der Waals surface area contributed by atoms with Crippen LogP contribution in [0.1, 0.15) is 17.4 Å². The Hall–Kier alpha value is -2.71. The molecule has 0 spiro atoms. The third-order valence-electron chi connectivity index (χ3n) is 4.04. The molecular formula is C19H19ClN2O5S. The van der Waals surface area contributed by atoms with Crippen LogP contribution in [0, 0.1) is 0 Å². The van der Waals surface area contributed by atoms with Crippen LogP contribution in [0.4, 0.5) is 5.69 Å². The van der Waals surface area contributed by atoms with E-state index in [-0.39, 0.29) is 24.1 Å². The van der Waals surface area contributed by atoms with E-state index < -0.39 is 5.97 Å². The largest absolute Gasteiger partial charge is 0.497 e. The summed E-state index contributed by atoms with van der Waals surface area (Å²) < 4.78 is 17.2. The summed E-state index contributed by atoms with van der Waals surface area (Å²) in [5, 5.41) is 5.81. The molecule has 1 aromatic carbocycles. The van der Waals surface area contributed by atoms with Crippen molar-refractivity contribution < 1.29 is 23.8 Å². The number of carbonyl (C=O) groups excluding carboxylic acids is 2. The number of aromatic nitrogens is 1. The first kappa shape index (κ1) is 20.0. The molecule has 0 bridgehead atoms. The zero-order valence-electron chi connectivity index (χ0n) is 15.6. The molecule has 3 aromatic rings. The van der Waals surface area contributed by atoms with Crippen LogP contribution >= 0.6 is 22.9 Å². The van der Waals surface area contributed by atoms with Crippen molar-refractivity contribution in [3.63, 3.8) is 0 Å². The normalized spacial score (nSPS) is 10.7. The second-order valence-corrected chi connectivity index (χ2v) is 7.05. The smallest absolute Gasteiger partial charge is 0.355 e. The highest BCUT2D eigenvalue weighted by Gasteiger charge is 2.21. The van der Waals surface area contributed by atoms with Crippen LogP contribution < -0.4 is 14.8 Å². The molecule has 1 amide bonds. The molecule has 9 heteroatoms. The van der Waals surface area contributed by atoms with E-state index in [1.807, 2.05) is 11.4 Å². The number of nitrogens with zero attached hydrogens (tertiary/aromatic N) is 1. The Labute approximate surface area is 170 Å². The lowest BCUT2D eigenvalue weighted by Crippen LogP contribution is -2.22. The third-order valence-corrected chi connectivity index (χ3v) is 5.29. The fourth-order valence-corrected chi connectivity index (χ4v) is 3.93. The number of amides is 1. The molecule has 0 saturated carbocycles. The lowest BCUT2D eigenvalue weighted by atomic mass is 10.2. The summed E-state index contributed by atoms with van der Waals surface area (Å²) in [7, 11) is 2.99. The summed E-state index contributed by atoms with van der Waals surface area (Å²) in [6, 6.07) is 6.81. The van der Waals surface area contributed by atoms with Crippen LogP contribution in [-0.4, -0.2) is 37.3 Å². The molecule has 148 valence electrons. The van der Waals surface area contributed by atoms with Crippen molar-refractivity contribution in [2.24, 2.45) is 0 Å². The molecule has 0 aliphatic heterocycles. The number of hydrogen-bond donors (Lipinski definition) is 1. The fraction of sp³-hybridized carbons (Fsp3) is 0.263. The zero-order valence-corrected chi connectivity index (χ0v) is 17.1. The Bertz CT molecular complexity index is 1030. The molecule has 0 aliphatic rings. The van der Waals surface area contributed by atoms with Crippen LogP contribution in [0.15, 0.2) is 29.6 Å². The van der Waals surface area contributed by atoms with Crippen LogP contribution in [-0.2, 0) is 16.1 Å². The van der Waals surface area contributed by atoms with Gasteiger partial charge in [-0.3, -0.25) is 4.79 Å². The van der Waals surface area contributed by atoms with Crippen LogP contribution in [0.3, 0.4) is 0 Å². The molecule has 0 aliphatic carbocycles. The van der Waals surface area contributed by atoms with E-state index in [1.54, 1.807) is 29.7 Å². The van der Waals surface area contributed by atoms with Gasteiger partial charge in [0.2, 0.25) is 5.91 Å². The number of halogens is 1. The van der Waals surface area contributed by atoms with Gasteiger partial charge < -0.3 is 24.1 Å². The molecule has 2 heterocycles. The Morgan fingerprint density at radius 2 is 2.00 bits per heavy atom. The fourth-order valence-electron chi connectivity index (χ4n) is 2.79. The van der Waals surface area contributed by atoms with Gasteiger partial charge in [0.15, 0.2) is 0 Å². The Kier molecular flexibility index (Phi) is 6.11. The van der Waals surface area contributed by atoms with Gasteiger partial charge in [-0.1, -0.05) is 11.6 Å². The van der Waals surface area contributed by atoms with E-state index in [2.05, 4.69) is 5.32 Å². The van der Waals surface area contributed by atoms with Gasteiger partial charge in [-0.25, -0.2) is 4.79 Å². The van der Waals surface area contributed by atoms with Gasteiger partial charge in [-0.2, -0.15) is 0 Å². The monoisotopic (exact) mass is 422 g/mol. The molecule has 7 nitrogen and oxygen atoms in total. The molecule has 1 N–H and O–H groups in total. The van der Waals surface area contributed by atoms with Gasteiger partial charge >= 0.3 is 5.97 Å². The topological polar surface area (TPSA) is 78.8 Å². The van der Waals surface area contributed by atoms with Gasteiger partial charge in [-0.05, 0) is 24.4 Å². The number of methoxy groups -OCH3 is 2. The van der Waals surface area contributed by atoms with E-state index >= 15 is 0 Å². The molecule has 28 heavy (non-hydrogen) atoms. The molecule has 2 aromatic heterocycles. The Morgan fingerprint density at radius 3 is 2.68 bits per heavy atom. The summed E-state index contributed by atoms with van der Waals surface area (Å²) in [6.45, 7) is 1.91. The number of esters is 1. The molecule has 0 fully saturated rings. The predicted octanol–water partition coefficient (Wildman–Crippen LogP) is 4.19. The van der Waals surface area contributed by atoms with Crippen LogP contribution in [0.25, 0.3) is 10.2 Å². The maximum Gasteiger partial charge on any atom is 0.355 e. The highest BCUT2D eigenvalue weighted by Crippen LogP contribution is 2.37. The first-order chi connectivity index (χ1) is 13.5. The van der Waals surface area contributed by atoms with Crippen molar-refractivity contribution in [3.05, 3.63) is 40.4 Å². The number of carbonyl (C=O) groups is 2. The van der Waals surface area contributed by atoms with Crippen LogP contribution in [0.2, 0.25) is 5.02 Å². The lowest BCUT2D eigenvalue weighted by Gasteiger charge is -2.15. The number of hydrogen-bond acceptors (Lipinski definition) is 6. The van der Waals surface area contributed by atoms with Crippen molar-refractivity contribution in [2.45, 2.75) is 13.5 Å². The number of thiophene rings is 1. The van der Waals surface area contributed by atoms with Gasteiger partial charge in [0.25, 0.3) is 0 Å². The molecule has 3 rings (SSSR count). The number of benzene rings is 1. The summed E-state index contributed by atoms with van der Waals surface area (Å²) >= 11 is 7.71. The van der Waals surface area contributed by atoms with Crippen molar-refractivity contribution >= 4 is 50.7 Å². The molecule has 0 unspecified atom stereocenters. The number of ether oxygens (including phenoxy) is 3. The van der Waals surface area contributed by atoms with Gasteiger partial charge in [-0.15, -0.1) is 11.3 Å². The summed E-state index contributed by atoms with van der Waals surface area (Å²) in [5.74, 6) is 0.0489. The third kappa shape index (κ3) is 3.93. The van der Waals surface area contributed by atoms with Crippen LogP contribution in [0.5, 0.6) is 11.5 Å². The second kappa shape index (κ2) is 8.53. The van der Waals surface area contributed by atoms with Crippen molar-refractivity contribution in [3.8, 4) is 11.5 Å². The standard InChI is InChI=1S/C19H19ClN2O5S/c1-4-27-19(24)14-7-11-5-6-28-18(11)22(14)10-16(23)21-17-13(20)8-12(25-2)9-15(17)26-3/h5-9H,4,10H2,1-3H3,(H,21,23). The van der Waals surface area contributed by atoms with Crippen molar-refractivity contribution in [2.75, 3.05) is 26.1 Å². The minimum atomic E-state index is -0.473. The summed E-state index contributed by atoms with van der Waals surface area (Å²) in [4.78, 5) is 25.8. The van der Waals surface area contributed by atoms with Crippen molar-refractivity contribution in [1.82, 2.24) is 4.57 Å². The maximum absolute atomic E-state index is 12.7. The molecule has 0 atom stereocenters. The van der Waals surface area contributed by atoms with E-state index in [9.17, 15) is 9.59 Å². The van der Waals surface area contributed by atoms with Gasteiger partial charge in [0.1, 0.15) is 34.3 Å². The lowest BCUT2D eigenvalue weighted by molar-refractivity contribution is -0.116. The maximum atomic E-state index is 12.7. The van der Waals surface area contributed by atoms with Gasteiger partial charge in [0, 0.05) is 17.5 Å². The summed E-state index contributed by atoms with van der Waals surface area (Å²) in [6.07, 6.45) is 0. The highest BCUT2D eigenvalue weighted by atomic mass is 35.5. The Morgan fingerprint density at radius 1 is 1.21 bits per heavy atom. The number of nitrogens with one attached hydrogen (secondary N) is 1. The average molecular weight is 423 g/mol. The first-order valence-electron chi connectivity index (χ1n) is 8.43. The Balaban J connectivity index is 1.89. The molecule has 0 radical (unpaired) electrons. The van der Waals surface area contributed by atoms with E-state index in [4.69, 9.17) is 25.8 Å². The van der Waals surface area contributed by atoms with Gasteiger partial charge in [0.05, 0.1) is 25.8 Å². The SMILES string of the molecule is CCOC(=O)c1cc2ccsc2n1CC(=O)Nc1c(Cl)cc(OC)cc1OC. The second-order valence-electron chi connectivity index (χ2n) is 5.75. The quantitative estimate of drug-likeness (QED) is 0.577. The zero-order chi connectivity index (χ0) is 20.3. The summed E-state index contributed by atoms with van der Waals surface area (Å²) in [5.41, 5.74) is 0.661. The highest BCUT2D eigenvalue weighted by molar-refractivity contribution is 7.16. The number of rotatable bonds is 7. The average Bonchev–Trinajstić information content (AvgIpc) is 3.26. The molecule has 0 saturated heterocycles. The minimum Gasteiger partial charge on any atom is -0.497 e. The van der Waals surface area contributed by atoms with Crippen molar-refractivity contribution in [1.29, 1.82) is 0 Å². The van der Waals surface area contributed by atoms with E-state index in [0.29, 0.717) is 22.9 Å². The first-order valence-corrected chi connectivity index (χ1v) is 9.69. The molecular weight excluding hydrogens is 404 g/mol. The van der Waals surface area contributed by atoms with E-state index in [0.717, 1.165) is 10.2 Å². The number of fused-ring (bicyclic) bond motifs is 1.